The highest BCUT2D eigenvalue weighted by Crippen LogP contribution is 2.30. The van der Waals surface area contributed by atoms with E-state index in [0.29, 0.717) is 18.6 Å². The molecule has 0 saturated heterocycles. The maximum Gasteiger partial charge on any atom is 0.331 e. The molecule has 1 aliphatic rings. The van der Waals surface area contributed by atoms with E-state index in [0.717, 1.165) is 36.0 Å². The molecule has 1 fully saturated rings. The average molecular weight is 333 g/mol. The standard InChI is InChI=1S/C19H27NO4/c1-13-10-14(2)15(16(11-13)23-3)12-17(21)20-19(18(22)24-4)8-6-5-7-9-19/h10-11H,5-9,12H2,1-4H3,(H,20,21). The summed E-state index contributed by atoms with van der Waals surface area (Å²) in [6.07, 6.45) is 4.38. The second kappa shape index (κ2) is 7.69. The molecule has 1 aliphatic carbocycles. The summed E-state index contributed by atoms with van der Waals surface area (Å²) in [4.78, 5) is 24.9. The highest BCUT2D eigenvalue weighted by Gasteiger charge is 2.41. The fourth-order valence-corrected chi connectivity index (χ4v) is 3.57. The van der Waals surface area contributed by atoms with Crippen LogP contribution < -0.4 is 10.1 Å². The Labute approximate surface area is 143 Å². The van der Waals surface area contributed by atoms with Crippen LogP contribution in [0.25, 0.3) is 0 Å². The van der Waals surface area contributed by atoms with E-state index in [1.54, 1.807) is 7.11 Å². The van der Waals surface area contributed by atoms with Crippen molar-refractivity contribution in [2.75, 3.05) is 14.2 Å². The molecule has 0 aliphatic heterocycles. The number of benzene rings is 1. The number of ether oxygens (including phenoxy) is 2. The first-order chi connectivity index (χ1) is 11.4. The van der Waals surface area contributed by atoms with E-state index in [-0.39, 0.29) is 18.3 Å². The number of aryl methyl sites for hydroxylation is 2. The van der Waals surface area contributed by atoms with Gasteiger partial charge in [0.05, 0.1) is 20.6 Å². The van der Waals surface area contributed by atoms with Gasteiger partial charge in [-0.25, -0.2) is 4.79 Å². The number of nitrogens with one attached hydrogen (secondary N) is 1. The van der Waals surface area contributed by atoms with Gasteiger partial charge in [-0.3, -0.25) is 4.79 Å². The van der Waals surface area contributed by atoms with Gasteiger partial charge >= 0.3 is 5.97 Å². The molecule has 0 unspecified atom stereocenters. The molecule has 1 N–H and O–H groups in total. The van der Waals surface area contributed by atoms with Gasteiger partial charge in [-0.05, 0) is 43.9 Å². The van der Waals surface area contributed by atoms with Gasteiger partial charge in [-0.2, -0.15) is 0 Å². The minimum Gasteiger partial charge on any atom is -0.496 e. The molecule has 132 valence electrons. The molecular weight excluding hydrogens is 306 g/mol. The summed E-state index contributed by atoms with van der Waals surface area (Å²) >= 11 is 0. The van der Waals surface area contributed by atoms with Crippen molar-refractivity contribution in [1.29, 1.82) is 0 Å². The lowest BCUT2D eigenvalue weighted by Gasteiger charge is -2.35. The summed E-state index contributed by atoms with van der Waals surface area (Å²) in [5, 5.41) is 2.96. The maximum absolute atomic E-state index is 12.6. The Kier molecular flexibility index (Phi) is 5.86. The molecule has 1 saturated carbocycles. The number of carbonyl (C=O) groups is 2. The third-order valence-corrected chi connectivity index (χ3v) is 4.80. The van der Waals surface area contributed by atoms with Gasteiger partial charge in [0.15, 0.2) is 0 Å². The predicted molar refractivity (Wildman–Crippen MR) is 92.1 cm³/mol. The zero-order valence-electron chi connectivity index (χ0n) is 15.0. The number of hydrogen-bond donors (Lipinski definition) is 1. The van der Waals surface area contributed by atoms with Crippen LogP contribution in [-0.2, 0) is 20.7 Å². The highest BCUT2D eigenvalue weighted by atomic mass is 16.5. The maximum atomic E-state index is 12.6. The molecule has 1 aromatic carbocycles. The van der Waals surface area contributed by atoms with Crippen molar-refractivity contribution in [1.82, 2.24) is 5.32 Å². The van der Waals surface area contributed by atoms with Gasteiger partial charge in [0.25, 0.3) is 0 Å². The molecule has 1 amide bonds. The Morgan fingerprint density at radius 1 is 1.12 bits per heavy atom. The van der Waals surface area contributed by atoms with E-state index < -0.39 is 5.54 Å². The Balaban J connectivity index is 2.19. The van der Waals surface area contributed by atoms with Crippen molar-refractivity contribution in [2.24, 2.45) is 0 Å². The summed E-state index contributed by atoms with van der Waals surface area (Å²) < 4.78 is 10.4. The summed E-state index contributed by atoms with van der Waals surface area (Å²) in [5.41, 5.74) is 2.08. The Hall–Kier alpha value is -2.04. The van der Waals surface area contributed by atoms with Crippen molar-refractivity contribution in [3.05, 3.63) is 28.8 Å². The van der Waals surface area contributed by atoms with Crippen molar-refractivity contribution in [2.45, 2.75) is 57.9 Å². The Bertz CT molecular complexity index is 618. The second-order valence-corrected chi connectivity index (χ2v) is 6.62. The first kappa shape index (κ1) is 18.3. The lowest BCUT2D eigenvalue weighted by atomic mass is 9.81. The predicted octanol–water partition coefficient (Wildman–Crippen LogP) is 2.85. The molecule has 0 heterocycles. The molecular formula is C19H27NO4. The summed E-state index contributed by atoms with van der Waals surface area (Å²) in [6, 6.07) is 3.95. The number of amides is 1. The first-order valence-corrected chi connectivity index (χ1v) is 8.45. The van der Waals surface area contributed by atoms with Crippen LogP contribution in [0.5, 0.6) is 5.75 Å². The van der Waals surface area contributed by atoms with Crippen LogP contribution in [0.3, 0.4) is 0 Å². The minimum atomic E-state index is -0.879. The van der Waals surface area contributed by atoms with Gasteiger partial charge in [0.2, 0.25) is 5.91 Å². The second-order valence-electron chi connectivity index (χ2n) is 6.62. The normalized spacial score (nSPS) is 16.3. The van der Waals surface area contributed by atoms with Crippen molar-refractivity contribution >= 4 is 11.9 Å². The zero-order valence-corrected chi connectivity index (χ0v) is 15.0. The topological polar surface area (TPSA) is 64.6 Å². The van der Waals surface area contributed by atoms with Gasteiger partial charge in [-0.15, -0.1) is 0 Å². The molecule has 0 spiro atoms. The molecule has 1 aromatic rings. The van der Waals surface area contributed by atoms with Crippen LogP contribution in [-0.4, -0.2) is 31.6 Å². The SMILES string of the molecule is COC(=O)C1(NC(=O)Cc2c(C)cc(C)cc2OC)CCCCC1. The van der Waals surface area contributed by atoms with Crippen molar-refractivity contribution in [3.63, 3.8) is 0 Å². The lowest BCUT2D eigenvalue weighted by molar-refractivity contribution is -0.152. The van der Waals surface area contributed by atoms with Gasteiger partial charge in [-0.1, -0.05) is 25.3 Å². The fraction of sp³-hybridized carbons (Fsp3) is 0.579. The number of hydrogen-bond acceptors (Lipinski definition) is 4. The highest BCUT2D eigenvalue weighted by molar-refractivity contribution is 5.89. The van der Waals surface area contributed by atoms with Crippen LogP contribution in [0.1, 0.15) is 48.8 Å². The summed E-state index contributed by atoms with van der Waals surface area (Å²) in [7, 11) is 2.98. The van der Waals surface area contributed by atoms with Gasteiger partial charge in [0.1, 0.15) is 11.3 Å². The van der Waals surface area contributed by atoms with Crippen molar-refractivity contribution < 1.29 is 19.1 Å². The van der Waals surface area contributed by atoms with Crippen LogP contribution >= 0.6 is 0 Å². The third kappa shape index (κ3) is 3.89. The summed E-state index contributed by atoms with van der Waals surface area (Å²) in [5.74, 6) is 0.189. The van der Waals surface area contributed by atoms with Crippen LogP contribution in [0.4, 0.5) is 0 Å². The molecule has 0 atom stereocenters. The number of rotatable bonds is 5. The lowest BCUT2D eigenvalue weighted by Crippen LogP contribution is -2.56. The van der Waals surface area contributed by atoms with E-state index in [1.165, 1.54) is 7.11 Å². The molecule has 0 aromatic heterocycles. The monoisotopic (exact) mass is 333 g/mol. The largest absolute Gasteiger partial charge is 0.496 e. The molecule has 24 heavy (non-hydrogen) atoms. The number of esters is 1. The van der Waals surface area contributed by atoms with Crippen molar-refractivity contribution in [3.8, 4) is 5.75 Å². The van der Waals surface area contributed by atoms with E-state index >= 15 is 0 Å². The smallest absolute Gasteiger partial charge is 0.331 e. The van der Waals surface area contributed by atoms with E-state index in [9.17, 15) is 9.59 Å². The van der Waals surface area contributed by atoms with E-state index in [1.807, 2.05) is 26.0 Å². The number of methoxy groups -OCH3 is 2. The minimum absolute atomic E-state index is 0.174. The van der Waals surface area contributed by atoms with Gasteiger partial charge in [0, 0.05) is 5.56 Å². The van der Waals surface area contributed by atoms with Crippen LogP contribution in [0, 0.1) is 13.8 Å². The molecule has 0 radical (unpaired) electrons. The Morgan fingerprint density at radius 2 is 1.79 bits per heavy atom. The quantitative estimate of drug-likeness (QED) is 0.842. The molecule has 0 bridgehead atoms. The molecule has 2 rings (SSSR count). The average Bonchev–Trinajstić information content (AvgIpc) is 2.57. The molecule has 5 nitrogen and oxygen atoms in total. The fourth-order valence-electron chi connectivity index (χ4n) is 3.57. The third-order valence-electron chi connectivity index (χ3n) is 4.80. The first-order valence-electron chi connectivity index (χ1n) is 8.45. The van der Waals surface area contributed by atoms with Crippen LogP contribution in [0.15, 0.2) is 12.1 Å². The van der Waals surface area contributed by atoms with E-state index in [2.05, 4.69) is 5.32 Å². The number of carbonyl (C=O) groups excluding carboxylic acids is 2. The Morgan fingerprint density at radius 3 is 2.38 bits per heavy atom. The molecule has 5 heteroatoms. The van der Waals surface area contributed by atoms with Gasteiger partial charge < -0.3 is 14.8 Å². The van der Waals surface area contributed by atoms with Crippen LogP contribution in [0.2, 0.25) is 0 Å². The van der Waals surface area contributed by atoms with E-state index in [4.69, 9.17) is 9.47 Å². The summed E-state index contributed by atoms with van der Waals surface area (Å²) in [6.45, 7) is 3.96. The zero-order chi connectivity index (χ0) is 17.7.